The van der Waals surface area contributed by atoms with Gasteiger partial charge in [0.15, 0.2) is 5.11 Å². The molecule has 0 saturated carbocycles. The second-order valence-corrected chi connectivity index (χ2v) is 4.64. The minimum absolute atomic E-state index is 0.191. The van der Waals surface area contributed by atoms with Gasteiger partial charge < -0.3 is 5.32 Å². The first-order valence-electron chi connectivity index (χ1n) is 5.19. The summed E-state index contributed by atoms with van der Waals surface area (Å²) in [5.74, 6) is -0.191. The van der Waals surface area contributed by atoms with Crippen LogP contribution in [0, 0.1) is 0 Å². The Morgan fingerprint density at radius 3 is 2.94 bits per heavy atom. The van der Waals surface area contributed by atoms with Gasteiger partial charge in [0.05, 0.1) is 5.56 Å². The molecule has 0 aromatic carbocycles. The van der Waals surface area contributed by atoms with E-state index in [1.165, 1.54) is 4.88 Å². The highest BCUT2D eigenvalue weighted by molar-refractivity contribution is 7.80. The Hall–Kier alpha value is -1.40. The fourth-order valence-corrected chi connectivity index (χ4v) is 2.03. The summed E-state index contributed by atoms with van der Waals surface area (Å²) in [5, 5.41) is 5.04. The number of amides is 1. The molecule has 0 aliphatic carbocycles. The van der Waals surface area contributed by atoms with Crippen LogP contribution in [0.2, 0.25) is 0 Å². The summed E-state index contributed by atoms with van der Waals surface area (Å²) in [4.78, 5) is 12.9. The van der Waals surface area contributed by atoms with Crippen molar-refractivity contribution >= 4 is 34.6 Å². The van der Waals surface area contributed by atoms with Crippen molar-refractivity contribution in [2.75, 3.05) is 6.54 Å². The number of hydrogen-bond acceptors (Lipinski definition) is 3. The zero-order chi connectivity index (χ0) is 12.7. The van der Waals surface area contributed by atoms with Crippen LogP contribution in [0.4, 0.5) is 0 Å². The van der Waals surface area contributed by atoms with Gasteiger partial charge >= 0.3 is 0 Å². The summed E-state index contributed by atoms with van der Waals surface area (Å²) in [6, 6.07) is 1.88. The molecule has 0 bridgehead atoms. The summed E-state index contributed by atoms with van der Waals surface area (Å²) < 4.78 is 0. The Bertz CT molecular complexity index is 415. The largest absolute Gasteiger partial charge is 0.358 e. The lowest BCUT2D eigenvalue weighted by molar-refractivity contribution is 0.0944. The molecule has 4 nitrogen and oxygen atoms in total. The molecule has 17 heavy (non-hydrogen) atoms. The van der Waals surface area contributed by atoms with Crippen LogP contribution in [0.1, 0.15) is 22.2 Å². The van der Waals surface area contributed by atoms with Crippen LogP contribution in [0.3, 0.4) is 0 Å². The Balaban J connectivity index is 2.39. The number of hydrogen-bond donors (Lipinski definition) is 3. The van der Waals surface area contributed by atoms with E-state index in [9.17, 15) is 4.79 Å². The van der Waals surface area contributed by atoms with E-state index in [0.29, 0.717) is 17.2 Å². The van der Waals surface area contributed by atoms with Gasteiger partial charge in [-0.05, 0) is 24.7 Å². The summed E-state index contributed by atoms with van der Waals surface area (Å²) in [7, 11) is 0. The van der Waals surface area contributed by atoms with Gasteiger partial charge in [-0.15, -0.1) is 17.9 Å². The Morgan fingerprint density at radius 1 is 1.59 bits per heavy atom. The fraction of sp³-hybridized carbons (Fsp3) is 0.273. The molecule has 92 valence electrons. The van der Waals surface area contributed by atoms with E-state index >= 15 is 0 Å². The highest BCUT2D eigenvalue weighted by Crippen LogP contribution is 2.14. The third-order valence-electron chi connectivity index (χ3n) is 1.96. The van der Waals surface area contributed by atoms with E-state index in [1.807, 2.05) is 11.4 Å². The highest BCUT2D eigenvalue weighted by atomic mass is 32.1. The summed E-state index contributed by atoms with van der Waals surface area (Å²) in [5.41, 5.74) is 5.79. The van der Waals surface area contributed by atoms with Crippen molar-refractivity contribution in [3.05, 3.63) is 34.5 Å². The molecule has 1 aromatic heterocycles. The summed E-state index contributed by atoms with van der Waals surface area (Å²) >= 11 is 6.51. The standard InChI is InChI=1S/C11H15N3OS2/c1-3-5-12-11(16)14-13-10(15)8-6-9(4-2)17-7-8/h3,6-7H,1,4-5H2,2H3,(H,13,15)(H2,12,14,16). The summed E-state index contributed by atoms with van der Waals surface area (Å²) in [6.07, 6.45) is 2.62. The van der Waals surface area contributed by atoms with Gasteiger partial charge in [-0.3, -0.25) is 15.6 Å². The van der Waals surface area contributed by atoms with Gasteiger partial charge in [0.2, 0.25) is 0 Å². The maximum absolute atomic E-state index is 11.7. The monoisotopic (exact) mass is 269 g/mol. The minimum atomic E-state index is -0.191. The van der Waals surface area contributed by atoms with Crippen LogP contribution < -0.4 is 16.2 Å². The third-order valence-corrected chi connectivity index (χ3v) is 3.29. The fourth-order valence-electron chi connectivity index (χ4n) is 1.08. The van der Waals surface area contributed by atoms with Crippen molar-refractivity contribution in [1.82, 2.24) is 16.2 Å². The number of carbonyl (C=O) groups is 1. The molecule has 0 aliphatic heterocycles. The minimum Gasteiger partial charge on any atom is -0.358 e. The molecule has 3 N–H and O–H groups in total. The maximum Gasteiger partial charge on any atom is 0.270 e. The second-order valence-electron chi connectivity index (χ2n) is 3.23. The second kappa shape index (κ2) is 7.03. The summed E-state index contributed by atoms with van der Waals surface area (Å²) in [6.45, 7) is 6.16. The van der Waals surface area contributed by atoms with E-state index < -0.39 is 0 Å². The zero-order valence-corrected chi connectivity index (χ0v) is 11.2. The number of rotatable bonds is 4. The lowest BCUT2D eigenvalue weighted by Crippen LogP contribution is -2.46. The molecule has 0 radical (unpaired) electrons. The molecule has 6 heteroatoms. The molecule has 1 heterocycles. The van der Waals surface area contributed by atoms with Crippen molar-refractivity contribution in [3.63, 3.8) is 0 Å². The number of thiophene rings is 1. The predicted molar refractivity (Wildman–Crippen MR) is 75.1 cm³/mol. The van der Waals surface area contributed by atoms with Crippen LogP contribution in [-0.4, -0.2) is 17.6 Å². The average molecular weight is 269 g/mol. The lowest BCUT2D eigenvalue weighted by Gasteiger charge is -2.09. The van der Waals surface area contributed by atoms with E-state index in [2.05, 4.69) is 29.7 Å². The van der Waals surface area contributed by atoms with Crippen molar-refractivity contribution in [2.24, 2.45) is 0 Å². The van der Waals surface area contributed by atoms with Crippen molar-refractivity contribution in [3.8, 4) is 0 Å². The highest BCUT2D eigenvalue weighted by Gasteiger charge is 2.07. The zero-order valence-electron chi connectivity index (χ0n) is 9.58. The predicted octanol–water partition coefficient (Wildman–Crippen LogP) is 1.61. The SMILES string of the molecule is C=CCNC(=S)NNC(=O)c1csc(CC)c1. The van der Waals surface area contributed by atoms with Crippen molar-refractivity contribution < 1.29 is 4.79 Å². The molecular formula is C11H15N3OS2. The molecule has 0 spiro atoms. The molecule has 1 rings (SSSR count). The van der Waals surface area contributed by atoms with E-state index in [-0.39, 0.29) is 5.91 Å². The van der Waals surface area contributed by atoms with Crippen LogP contribution in [-0.2, 0) is 6.42 Å². The number of hydrazine groups is 1. The first-order valence-corrected chi connectivity index (χ1v) is 6.48. The van der Waals surface area contributed by atoms with Gasteiger partial charge in [0.1, 0.15) is 0 Å². The molecule has 0 saturated heterocycles. The molecule has 1 aromatic rings. The molecule has 0 fully saturated rings. The first kappa shape index (κ1) is 13.7. The Morgan fingerprint density at radius 2 is 2.35 bits per heavy atom. The smallest absolute Gasteiger partial charge is 0.270 e. The maximum atomic E-state index is 11.7. The lowest BCUT2D eigenvalue weighted by atomic mass is 10.3. The Labute approximate surface area is 110 Å². The molecule has 0 aliphatic rings. The topological polar surface area (TPSA) is 53.2 Å². The van der Waals surface area contributed by atoms with Gasteiger partial charge in [-0.25, -0.2) is 0 Å². The molecular weight excluding hydrogens is 254 g/mol. The van der Waals surface area contributed by atoms with E-state index in [4.69, 9.17) is 12.2 Å². The molecule has 0 atom stereocenters. The van der Waals surface area contributed by atoms with Crippen molar-refractivity contribution in [1.29, 1.82) is 0 Å². The van der Waals surface area contributed by atoms with Crippen LogP contribution in [0.5, 0.6) is 0 Å². The van der Waals surface area contributed by atoms with E-state index in [0.717, 1.165) is 6.42 Å². The number of nitrogens with one attached hydrogen (secondary N) is 3. The quantitative estimate of drug-likeness (QED) is 0.441. The third kappa shape index (κ3) is 4.54. The molecule has 0 unspecified atom stereocenters. The van der Waals surface area contributed by atoms with Crippen LogP contribution in [0.15, 0.2) is 24.1 Å². The normalized spacial score (nSPS) is 9.47. The van der Waals surface area contributed by atoms with Crippen molar-refractivity contribution in [2.45, 2.75) is 13.3 Å². The Kier molecular flexibility index (Phi) is 5.65. The van der Waals surface area contributed by atoms with Gasteiger partial charge in [-0.1, -0.05) is 13.0 Å². The van der Waals surface area contributed by atoms with Crippen LogP contribution >= 0.6 is 23.6 Å². The molecule has 1 amide bonds. The van der Waals surface area contributed by atoms with Crippen LogP contribution in [0.25, 0.3) is 0 Å². The van der Waals surface area contributed by atoms with Gasteiger partial charge in [0, 0.05) is 16.8 Å². The van der Waals surface area contributed by atoms with Gasteiger partial charge in [0.25, 0.3) is 5.91 Å². The average Bonchev–Trinajstić information content (AvgIpc) is 2.82. The van der Waals surface area contributed by atoms with E-state index in [1.54, 1.807) is 17.4 Å². The number of thiocarbonyl (C=S) groups is 1. The first-order chi connectivity index (χ1) is 8.17. The number of carbonyl (C=O) groups excluding carboxylic acids is 1. The number of aryl methyl sites for hydroxylation is 1. The van der Waals surface area contributed by atoms with Gasteiger partial charge in [-0.2, -0.15) is 0 Å².